The van der Waals surface area contributed by atoms with Crippen molar-refractivity contribution in [2.75, 3.05) is 5.32 Å². The van der Waals surface area contributed by atoms with Gasteiger partial charge in [-0.15, -0.1) is 0 Å². The highest BCUT2D eigenvalue weighted by molar-refractivity contribution is 5.92. The summed E-state index contributed by atoms with van der Waals surface area (Å²) in [5.74, 6) is -1.62. The van der Waals surface area contributed by atoms with Gasteiger partial charge in [-0.2, -0.15) is 5.10 Å². The lowest BCUT2D eigenvalue weighted by molar-refractivity contribution is -0.139. The van der Waals surface area contributed by atoms with E-state index in [2.05, 4.69) is 15.7 Å². The number of hydrogen-bond donors (Lipinski definition) is 4. The third-order valence-electron chi connectivity index (χ3n) is 4.40. The van der Waals surface area contributed by atoms with E-state index in [-0.39, 0.29) is 18.7 Å². The number of carbonyl (C=O) groups is 3. The molecule has 166 valence electrons. The number of ether oxygens (including phenoxy) is 1. The van der Waals surface area contributed by atoms with Crippen LogP contribution < -0.4 is 15.4 Å². The summed E-state index contributed by atoms with van der Waals surface area (Å²) >= 11 is 0. The molecule has 0 bridgehead atoms. The van der Waals surface area contributed by atoms with Gasteiger partial charge in [0, 0.05) is 12.6 Å². The first-order chi connectivity index (χ1) is 15.4. The van der Waals surface area contributed by atoms with E-state index in [0.717, 1.165) is 10.2 Å². The van der Waals surface area contributed by atoms with Crippen LogP contribution in [-0.2, 0) is 29.2 Å². The molecule has 1 heterocycles. The highest BCUT2D eigenvalue weighted by Gasteiger charge is 2.21. The molecule has 2 aromatic carbocycles. The predicted molar refractivity (Wildman–Crippen MR) is 114 cm³/mol. The molecule has 4 N–H and O–H groups in total. The number of aliphatic carboxylic acids is 2. The van der Waals surface area contributed by atoms with Crippen molar-refractivity contribution in [2.24, 2.45) is 0 Å². The molecule has 0 spiro atoms. The van der Waals surface area contributed by atoms with Gasteiger partial charge in [-0.25, -0.2) is 9.59 Å². The van der Waals surface area contributed by atoms with Crippen molar-refractivity contribution in [3.63, 3.8) is 0 Å². The van der Waals surface area contributed by atoms with Gasteiger partial charge in [-0.05, 0) is 23.3 Å². The lowest BCUT2D eigenvalue weighted by Crippen LogP contribution is -2.44. The molecule has 1 atom stereocenters. The minimum absolute atomic E-state index is 0.0694. The van der Waals surface area contributed by atoms with Gasteiger partial charge in [0.25, 0.3) is 0 Å². The van der Waals surface area contributed by atoms with Crippen molar-refractivity contribution in [3.05, 3.63) is 78.1 Å². The molecule has 0 aliphatic heterocycles. The first-order valence-electron chi connectivity index (χ1n) is 9.69. The van der Waals surface area contributed by atoms with Crippen LogP contribution in [0.5, 0.6) is 5.75 Å². The normalized spacial score (nSPS) is 11.4. The zero-order valence-electron chi connectivity index (χ0n) is 17.0. The lowest BCUT2D eigenvalue weighted by Gasteiger charge is -2.15. The monoisotopic (exact) mass is 438 g/mol. The Kier molecular flexibility index (Phi) is 7.42. The molecule has 0 fully saturated rings. The zero-order chi connectivity index (χ0) is 22.9. The van der Waals surface area contributed by atoms with E-state index >= 15 is 0 Å². The van der Waals surface area contributed by atoms with Crippen LogP contribution in [0.1, 0.15) is 11.1 Å². The van der Waals surface area contributed by atoms with Crippen LogP contribution in [0.4, 0.5) is 10.5 Å². The Labute approximate surface area is 183 Å². The molecule has 0 radical (unpaired) electrons. The number of carbonyl (C=O) groups excluding carboxylic acids is 1. The van der Waals surface area contributed by atoms with Crippen LogP contribution in [0, 0.1) is 0 Å². The van der Waals surface area contributed by atoms with E-state index in [0.29, 0.717) is 17.9 Å². The number of nitrogens with one attached hydrogen (secondary N) is 2. The highest BCUT2D eigenvalue weighted by Crippen LogP contribution is 2.15. The molecule has 0 saturated carbocycles. The minimum Gasteiger partial charge on any atom is -0.489 e. The number of hydrogen-bond acceptors (Lipinski definition) is 5. The van der Waals surface area contributed by atoms with E-state index in [1.165, 1.54) is 12.4 Å². The predicted octanol–water partition coefficient (Wildman–Crippen LogP) is 2.36. The second-order valence-electron chi connectivity index (χ2n) is 6.93. The lowest BCUT2D eigenvalue weighted by atomic mass is 10.1. The van der Waals surface area contributed by atoms with E-state index in [4.69, 9.17) is 9.84 Å². The van der Waals surface area contributed by atoms with Crippen molar-refractivity contribution in [1.29, 1.82) is 0 Å². The van der Waals surface area contributed by atoms with Crippen LogP contribution in [0.2, 0.25) is 0 Å². The summed E-state index contributed by atoms with van der Waals surface area (Å²) in [6, 6.07) is 14.8. The Bertz CT molecular complexity index is 1070. The molecule has 10 nitrogen and oxygen atoms in total. The fourth-order valence-corrected chi connectivity index (χ4v) is 2.88. The SMILES string of the molecule is O=C(O)Cn1cc(NC(=O)N[C@@H](Cc2ccc(OCc3ccccc3)cc2)C(=O)O)cn1. The second kappa shape index (κ2) is 10.6. The molecule has 0 aliphatic carbocycles. The largest absolute Gasteiger partial charge is 0.489 e. The molecule has 1 aromatic heterocycles. The molecule has 3 rings (SSSR count). The smallest absolute Gasteiger partial charge is 0.326 e. The summed E-state index contributed by atoms with van der Waals surface area (Å²) in [7, 11) is 0. The fourth-order valence-electron chi connectivity index (χ4n) is 2.88. The highest BCUT2D eigenvalue weighted by atomic mass is 16.5. The Morgan fingerprint density at radius 2 is 1.72 bits per heavy atom. The average molecular weight is 438 g/mol. The minimum atomic E-state index is -1.19. The summed E-state index contributed by atoms with van der Waals surface area (Å²) in [5.41, 5.74) is 1.98. The van der Waals surface area contributed by atoms with Crippen molar-refractivity contribution in [3.8, 4) is 5.75 Å². The summed E-state index contributed by atoms with van der Waals surface area (Å²) < 4.78 is 6.85. The third-order valence-corrected chi connectivity index (χ3v) is 4.40. The second-order valence-corrected chi connectivity index (χ2v) is 6.93. The van der Waals surface area contributed by atoms with Crippen LogP contribution in [0.25, 0.3) is 0 Å². The number of carboxylic acids is 2. The first-order valence-corrected chi connectivity index (χ1v) is 9.69. The topological polar surface area (TPSA) is 143 Å². The maximum absolute atomic E-state index is 12.2. The molecule has 2 amide bonds. The number of carboxylic acid groups (broad SMARTS) is 2. The third kappa shape index (κ3) is 6.87. The maximum Gasteiger partial charge on any atom is 0.326 e. The molecular weight excluding hydrogens is 416 g/mol. The van der Waals surface area contributed by atoms with Crippen molar-refractivity contribution in [1.82, 2.24) is 15.1 Å². The van der Waals surface area contributed by atoms with Gasteiger partial charge in [-0.1, -0.05) is 42.5 Å². The van der Waals surface area contributed by atoms with Crippen LogP contribution >= 0.6 is 0 Å². The first kappa shape index (κ1) is 22.3. The van der Waals surface area contributed by atoms with Gasteiger partial charge < -0.3 is 25.6 Å². The number of nitrogens with zero attached hydrogens (tertiary/aromatic N) is 2. The van der Waals surface area contributed by atoms with Crippen molar-refractivity contribution < 1.29 is 29.3 Å². The van der Waals surface area contributed by atoms with Crippen LogP contribution in [0.15, 0.2) is 67.0 Å². The summed E-state index contributed by atoms with van der Waals surface area (Å²) in [4.78, 5) is 34.4. The zero-order valence-corrected chi connectivity index (χ0v) is 17.0. The number of anilines is 1. The van der Waals surface area contributed by atoms with E-state index < -0.39 is 24.0 Å². The Morgan fingerprint density at radius 3 is 2.38 bits per heavy atom. The Hall–Kier alpha value is -4.34. The number of amides is 2. The molecule has 3 aromatic rings. The average Bonchev–Trinajstić information content (AvgIpc) is 3.19. The molecule has 0 aliphatic rings. The van der Waals surface area contributed by atoms with Gasteiger partial charge in [0.15, 0.2) is 0 Å². The van der Waals surface area contributed by atoms with Gasteiger partial charge in [-0.3, -0.25) is 9.48 Å². The van der Waals surface area contributed by atoms with E-state index in [9.17, 15) is 19.5 Å². The number of benzene rings is 2. The number of rotatable bonds is 10. The molecule has 10 heteroatoms. The Morgan fingerprint density at radius 1 is 1.00 bits per heavy atom. The quantitative estimate of drug-likeness (QED) is 0.380. The van der Waals surface area contributed by atoms with Crippen molar-refractivity contribution >= 4 is 23.7 Å². The number of urea groups is 1. The van der Waals surface area contributed by atoms with Gasteiger partial charge in [0.2, 0.25) is 0 Å². The van der Waals surface area contributed by atoms with Gasteiger partial charge in [0.1, 0.15) is 24.9 Å². The maximum atomic E-state index is 12.2. The van der Waals surface area contributed by atoms with Crippen LogP contribution in [0.3, 0.4) is 0 Å². The van der Waals surface area contributed by atoms with E-state index in [1.807, 2.05) is 30.3 Å². The van der Waals surface area contributed by atoms with E-state index in [1.54, 1.807) is 24.3 Å². The summed E-state index contributed by atoms with van der Waals surface area (Å²) in [6.45, 7) is 0.0643. The Balaban J connectivity index is 1.53. The summed E-state index contributed by atoms with van der Waals surface area (Å²) in [5, 5.41) is 26.8. The van der Waals surface area contributed by atoms with Crippen LogP contribution in [-0.4, -0.2) is 44.0 Å². The van der Waals surface area contributed by atoms with Gasteiger partial charge >= 0.3 is 18.0 Å². The molecule has 0 saturated heterocycles. The summed E-state index contributed by atoms with van der Waals surface area (Å²) in [6.07, 6.45) is 2.67. The molecule has 32 heavy (non-hydrogen) atoms. The standard InChI is InChI=1S/C22H22N4O6/c27-20(28)13-26-12-17(11-23-26)24-22(31)25-19(21(29)30)10-15-6-8-18(9-7-15)32-14-16-4-2-1-3-5-16/h1-9,11-12,19H,10,13-14H2,(H,27,28)(H,29,30)(H2,24,25,31)/t19-/m0/s1. The van der Waals surface area contributed by atoms with Gasteiger partial charge in [0.05, 0.1) is 11.9 Å². The number of aromatic nitrogens is 2. The molecular formula is C22H22N4O6. The molecule has 0 unspecified atom stereocenters. The fraction of sp³-hybridized carbons (Fsp3) is 0.182. The van der Waals surface area contributed by atoms with Crippen molar-refractivity contribution in [2.45, 2.75) is 25.6 Å².